The molecule has 0 aliphatic carbocycles. The number of hydrogen-bond donors (Lipinski definition) is 0. The van der Waals surface area contributed by atoms with Crippen LogP contribution in [-0.4, -0.2) is 94.6 Å². The third-order valence-electron chi connectivity index (χ3n) is 7.25. The summed E-state index contributed by atoms with van der Waals surface area (Å²) in [5, 5.41) is 0.766. The summed E-state index contributed by atoms with van der Waals surface area (Å²) in [4.78, 5) is 36.5. The summed E-state index contributed by atoms with van der Waals surface area (Å²) in [5.74, 6) is 1.61. The molecule has 0 N–H and O–H groups in total. The Kier molecular flexibility index (Phi) is 20.1. The molecule has 0 bridgehead atoms. The number of halogens is 4. The van der Waals surface area contributed by atoms with E-state index in [1.807, 2.05) is 58.6 Å². The fourth-order valence-electron chi connectivity index (χ4n) is 4.91. The molecule has 50 heavy (non-hydrogen) atoms. The van der Waals surface area contributed by atoms with Crippen LogP contribution in [0.5, 0.6) is 0 Å². The molecule has 0 unspecified atom stereocenters. The lowest BCUT2D eigenvalue weighted by Crippen LogP contribution is -2.42. The summed E-state index contributed by atoms with van der Waals surface area (Å²) in [7, 11) is -3.49. The minimum Gasteiger partial charge on any atom is -0.444 e. The molecular formula is C34H52Cl4N4O6S2. The maximum Gasteiger partial charge on any atom is 0.410 e. The number of rotatable bonds is 6. The van der Waals surface area contributed by atoms with Crippen LogP contribution in [0.25, 0.3) is 0 Å². The summed E-state index contributed by atoms with van der Waals surface area (Å²) >= 11 is 23.2. The number of hydrogen-bond acceptors (Lipinski definition) is 9. The van der Waals surface area contributed by atoms with Gasteiger partial charge in [-0.15, -0.1) is 35.0 Å². The molecule has 2 saturated heterocycles. The smallest absolute Gasteiger partial charge is 0.410 e. The number of pyridine rings is 2. The van der Waals surface area contributed by atoms with Crippen LogP contribution in [0, 0.1) is 11.8 Å². The lowest BCUT2D eigenvalue weighted by Gasteiger charge is -2.33. The van der Waals surface area contributed by atoms with Gasteiger partial charge < -0.3 is 19.3 Å². The lowest BCUT2D eigenvalue weighted by atomic mass is 9.99. The number of amides is 2. The normalized spacial score (nSPS) is 15.8. The molecule has 0 saturated carbocycles. The van der Waals surface area contributed by atoms with Crippen molar-refractivity contribution in [3.05, 3.63) is 47.0 Å². The van der Waals surface area contributed by atoms with Gasteiger partial charge in [-0.3, -0.25) is 0 Å². The number of thioether (sulfide) groups is 1. The van der Waals surface area contributed by atoms with Crippen molar-refractivity contribution in [1.29, 1.82) is 0 Å². The van der Waals surface area contributed by atoms with Gasteiger partial charge in [-0.1, -0.05) is 30.6 Å². The molecule has 2 aliphatic heterocycles. The first-order chi connectivity index (χ1) is 22.8. The number of sulfone groups is 1. The predicted molar refractivity (Wildman–Crippen MR) is 206 cm³/mol. The highest BCUT2D eigenvalue weighted by Gasteiger charge is 2.31. The molecule has 2 aromatic rings. The highest BCUT2D eigenvalue weighted by atomic mass is 35.5. The molecule has 4 heterocycles. The van der Waals surface area contributed by atoms with E-state index in [2.05, 4.69) is 9.97 Å². The Bertz CT molecular complexity index is 1440. The Labute approximate surface area is 323 Å². The van der Waals surface area contributed by atoms with Crippen LogP contribution in [0.3, 0.4) is 0 Å². The van der Waals surface area contributed by atoms with Crippen LogP contribution < -0.4 is 0 Å². The fraction of sp³-hybridized carbons (Fsp3) is 0.647. The zero-order chi connectivity index (χ0) is 36.8. The van der Waals surface area contributed by atoms with Crippen LogP contribution in [0.2, 0.25) is 10.3 Å². The molecule has 0 atom stereocenters. The predicted octanol–water partition coefficient (Wildman–Crippen LogP) is 9.69. The zero-order valence-corrected chi connectivity index (χ0v) is 33.6. The number of nitrogens with zero attached hydrogens (tertiary/aromatic N) is 4. The first kappa shape index (κ1) is 46.3. The van der Waals surface area contributed by atoms with Gasteiger partial charge in [-0.25, -0.2) is 28.0 Å². The van der Waals surface area contributed by atoms with Gasteiger partial charge in [0.15, 0.2) is 9.84 Å². The number of ether oxygens (including phenoxy) is 2. The van der Waals surface area contributed by atoms with E-state index in [1.165, 1.54) is 12.3 Å². The summed E-state index contributed by atoms with van der Waals surface area (Å²) < 4.78 is 35.7. The molecule has 0 spiro atoms. The Hall–Kier alpha value is -1.70. The van der Waals surface area contributed by atoms with Gasteiger partial charge in [0.1, 0.15) is 26.4 Å². The van der Waals surface area contributed by atoms with E-state index in [0.29, 0.717) is 37.0 Å². The molecule has 2 fully saturated rings. The van der Waals surface area contributed by atoms with Crippen molar-refractivity contribution < 1.29 is 27.5 Å². The lowest BCUT2D eigenvalue weighted by molar-refractivity contribution is 0.0180. The van der Waals surface area contributed by atoms with Gasteiger partial charge >= 0.3 is 12.2 Å². The summed E-state index contributed by atoms with van der Waals surface area (Å²) in [5.41, 5.74) is -0.963. The Morgan fingerprint density at radius 2 is 1.22 bits per heavy atom. The number of likely N-dealkylation sites (tertiary alicyclic amines) is 2. The molecule has 0 aromatic carbocycles. The third kappa shape index (κ3) is 17.2. The van der Waals surface area contributed by atoms with Gasteiger partial charge in [0.05, 0.1) is 11.1 Å². The second kappa shape index (κ2) is 21.7. The van der Waals surface area contributed by atoms with Gasteiger partial charge in [-0.05, 0) is 103 Å². The second-order valence-corrected chi connectivity index (χ2v) is 18.2. The highest BCUT2D eigenvalue weighted by molar-refractivity contribution is 7.99. The zero-order valence-electron chi connectivity index (χ0n) is 29.0. The van der Waals surface area contributed by atoms with Crippen LogP contribution in [0.4, 0.5) is 9.59 Å². The van der Waals surface area contributed by atoms with Crippen LogP contribution >= 0.6 is 58.2 Å². The molecule has 4 rings (SSSR count). The number of aromatic nitrogens is 2. The van der Waals surface area contributed by atoms with Crippen molar-refractivity contribution in [2.45, 2.75) is 95.6 Å². The maximum atomic E-state index is 12.5. The molecule has 2 aliphatic rings. The first-order valence-corrected chi connectivity index (χ1v) is 20.5. The minimum atomic E-state index is -3.49. The summed E-state index contributed by atoms with van der Waals surface area (Å²) in [6, 6.07) is 6.93. The van der Waals surface area contributed by atoms with E-state index >= 15 is 0 Å². The van der Waals surface area contributed by atoms with Crippen LogP contribution in [-0.2, 0) is 19.3 Å². The highest BCUT2D eigenvalue weighted by Crippen LogP contribution is 2.30. The Balaban J connectivity index is 0.000000456. The summed E-state index contributed by atoms with van der Waals surface area (Å²) in [6.45, 7) is 13.7. The van der Waals surface area contributed by atoms with Crippen molar-refractivity contribution in [1.82, 2.24) is 19.8 Å². The largest absolute Gasteiger partial charge is 0.444 e. The molecule has 16 heteroatoms. The van der Waals surface area contributed by atoms with Gasteiger partial charge in [0.2, 0.25) is 0 Å². The molecular weight excluding hydrogens is 766 g/mol. The standard InChI is InChI=1S/C16H23ClN2O4S.C16H23ClN2O2S.CH2Cl2.CH4/c1-16(2,3)23-15(20)19-9-6-12(7-10-19)11-24(21,22)13-5-4-8-18-14(13)17;1-16(2,3)21-15(20)19-9-6-12(7-10-19)11-22-13-5-4-8-18-14(13)17;2-1-3;/h4-5,8,12H,6-7,9-11H2,1-3H3;4-5,8,12H,6-7,9-11H2,1-3H3;1H2;1H4. The molecule has 10 nitrogen and oxygen atoms in total. The van der Waals surface area contributed by atoms with Gasteiger partial charge in [0.25, 0.3) is 0 Å². The quantitative estimate of drug-likeness (QED) is 0.160. The number of carbonyl (C=O) groups is 2. The van der Waals surface area contributed by atoms with Gasteiger partial charge in [-0.2, -0.15) is 0 Å². The molecule has 2 aromatic heterocycles. The fourth-order valence-corrected chi connectivity index (χ4v) is 8.49. The van der Waals surface area contributed by atoms with E-state index in [9.17, 15) is 18.0 Å². The number of alkyl halides is 2. The number of piperidine rings is 2. The van der Waals surface area contributed by atoms with E-state index in [4.69, 9.17) is 55.9 Å². The van der Waals surface area contributed by atoms with Crippen LogP contribution in [0.15, 0.2) is 46.5 Å². The third-order valence-corrected chi connectivity index (χ3v) is 11.3. The van der Waals surface area contributed by atoms with E-state index in [1.54, 1.807) is 28.9 Å². The molecule has 2 amide bonds. The first-order valence-electron chi connectivity index (χ1n) is 16.0. The van der Waals surface area contributed by atoms with E-state index in [-0.39, 0.29) is 46.7 Å². The average molecular weight is 819 g/mol. The van der Waals surface area contributed by atoms with Crippen molar-refractivity contribution in [3.8, 4) is 0 Å². The monoisotopic (exact) mass is 816 g/mol. The molecule has 0 radical (unpaired) electrons. The van der Waals surface area contributed by atoms with Crippen molar-refractivity contribution in [3.63, 3.8) is 0 Å². The minimum absolute atomic E-state index is 0. The van der Waals surface area contributed by atoms with Crippen molar-refractivity contribution in [2.24, 2.45) is 11.8 Å². The van der Waals surface area contributed by atoms with E-state index in [0.717, 1.165) is 36.6 Å². The second-order valence-electron chi connectivity index (χ2n) is 13.6. The Morgan fingerprint density at radius 3 is 1.64 bits per heavy atom. The molecule has 284 valence electrons. The Morgan fingerprint density at radius 1 is 0.800 bits per heavy atom. The van der Waals surface area contributed by atoms with Crippen LogP contribution in [0.1, 0.15) is 74.7 Å². The SMILES string of the molecule is C.CC(C)(C)OC(=O)N1CCC(CS(=O)(=O)c2cccnc2Cl)CC1.CC(C)(C)OC(=O)N1CCC(CSc2cccnc2Cl)CC1.ClCCl. The van der Waals surface area contributed by atoms with Crippen molar-refractivity contribution >= 4 is 80.2 Å². The number of carbonyl (C=O) groups excluding carboxylic acids is 2. The van der Waals surface area contributed by atoms with E-state index < -0.39 is 21.0 Å². The summed E-state index contributed by atoms with van der Waals surface area (Å²) in [6.07, 6.45) is 5.86. The van der Waals surface area contributed by atoms with Crippen molar-refractivity contribution in [2.75, 3.05) is 43.0 Å². The maximum absolute atomic E-state index is 12.5. The van der Waals surface area contributed by atoms with Gasteiger partial charge in [0, 0.05) is 49.2 Å². The topological polar surface area (TPSA) is 119 Å². The average Bonchev–Trinajstić information content (AvgIpc) is 3.00.